The van der Waals surface area contributed by atoms with Gasteiger partial charge in [0, 0.05) is 23.5 Å². The summed E-state index contributed by atoms with van der Waals surface area (Å²) in [5, 5.41) is 1.25. The first-order valence-electron chi connectivity index (χ1n) is 10.6. The fourth-order valence-corrected chi connectivity index (χ4v) is 3.80. The van der Waals surface area contributed by atoms with E-state index in [1.54, 1.807) is 31.2 Å². The van der Waals surface area contributed by atoms with Crippen LogP contribution in [0.2, 0.25) is 5.02 Å². The van der Waals surface area contributed by atoms with Gasteiger partial charge in [-0.2, -0.15) is 0 Å². The number of unbranched alkanes of at least 4 members (excludes halogenated alkanes) is 1. The molecule has 0 saturated carbocycles. The fourth-order valence-electron chi connectivity index (χ4n) is 3.62. The van der Waals surface area contributed by atoms with E-state index in [1.165, 1.54) is 9.47 Å². The Bertz CT molecular complexity index is 1280. The van der Waals surface area contributed by atoms with Crippen LogP contribution < -0.4 is 21.9 Å². The summed E-state index contributed by atoms with van der Waals surface area (Å²) in [6.07, 6.45) is 1.46. The first-order valence-corrected chi connectivity index (χ1v) is 11.0. The van der Waals surface area contributed by atoms with Crippen molar-refractivity contribution in [2.75, 3.05) is 17.2 Å². The zero-order chi connectivity index (χ0) is 23.6. The van der Waals surface area contributed by atoms with Crippen molar-refractivity contribution >= 4 is 39.9 Å². The van der Waals surface area contributed by atoms with Crippen LogP contribution in [0.4, 0.5) is 11.5 Å². The van der Waals surface area contributed by atoms with E-state index in [4.69, 9.17) is 17.3 Å². The summed E-state index contributed by atoms with van der Waals surface area (Å²) in [7, 11) is 0. The molecule has 170 valence electrons. The third-order valence-corrected chi connectivity index (χ3v) is 5.45. The van der Waals surface area contributed by atoms with Gasteiger partial charge in [-0.25, -0.2) is 4.79 Å². The summed E-state index contributed by atoms with van der Waals surface area (Å²) in [4.78, 5) is 47.0. The highest BCUT2D eigenvalue weighted by Gasteiger charge is 2.26. The maximum atomic E-state index is 13.7. The van der Waals surface area contributed by atoms with Crippen molar-refractivity contribution in [3.63, 3.8) is 0 Å². The summed E-state index contributed by atoms with van der Waals surface area (Å²) in [6.45, 7) is 8.19. The average Bonchev–Trinajstić information content (AvgIpc) is 2.72. The highest BCUT2D eigenvalue weighted by molar-refractivity contribution is 6.31. The van der Waals surface area contributed by atoms with Crippen LogP contribution >= 0.6 is 11.6 Å². The lowest BCUT2D eigenvalue weighted by Crippen LogP contribution is -2.42. The van der Waals surface area contributed by atoms with Crippen LogP contribution in [0.25, 0.3) is 10.9 Å². The van der Waals surface area contributed by atoms with E-state index in [2.05, 4.69) is 9.97 Å². The molecule has 32 heavy (non-hydrogen) atoms. The zero-order valence-electron chi connectivity index (χ0n) is 18.7. The molecule has 0 unspecified atom stereocenters. The van der Waals surface area contributed by atoms with E-state index in [0.717, 1.165) is 6.42 Å². The number of nitrogens with zero attached hydrogens (tertiary/aromatic N) is 3. The van der Waals surface area contributed by atoms with Crippen molar-refractivity contribution in [1.29, 1.82) is 0 Å². The Labute approximate surface area is 191 Å². The Morgan fingerprint density at radius 1 is 1.28 bits per heavy atom. The molecule has 0 bridgehead atoms. The van der Waals surface area contributed by atoms with E-state index in [0.29, 0.717) is 40.1 Å². The van der Waals surface area contributed by atoms with Crippen molar-refractivity contribution < 1.29 is 4.79 Å². The van der Waals surface area contributed by atoms with Gasteiger partial charge < -0.3 is 10.6 Å². The van der Waals surface area contributed by atoms with Gasteiger partial charge in [-0.15, -0.1) is 0 Å². The molecule has 0 atom stereocenters. The van der Waals surface area contributed by atoms with E-state index < -0.39 is 17.2 Å². The Balaban J connectivity index is 2.19. The number of nitrogens with one attached hydrogen (secondary N) is 1. The van der Waals surface area contributed by atoms with Gasteiger partial charge in [0.1, 0.15) is 5.82 Å². The van der Waals surface area contributed by atoms with Crippen LogP contribution in [0.1, 0.15) is 49.7 Å². The molecule has 0 spiro atoms. The van der Waals surface area contributed by atoms with Crippen molar-refractivity contribution in [2.45, 2.75) is 47.1 Å². The molecule has 0 aliphatic rings. The summed E-state index contributed by atoms with van der Waals surface area (Å²) < 4.78 is 1.30. The number of carbonyl (C=O) groups is 1. The highest BCUT2D eigenvalue weighted by atomic mass is 35.5. The predicted molar refractivity (Wildman–Crippen MR) is 129 cm³/mol. The third kappa shape index (κ3) is 4.70. The normalized spacial score (nSPS) is 11.3. The quantitative estimate of drug-likeness (QED) is 0.561. The van der Waals surface area contributed by atoms with E-state index in [-0.39, 0.29) is 24.0 Å². The number of aryl methyl sites for hydroxylation is 1. The Morgan fingerprint density at radius 2 is 2.00 bits per heavy atom. The average molecular weight is 458 g/mol. The summed E-state index contributed by atoms with van der Waals surface area (Å²) >= 11 is 6.12. The number of fused-ring (bicyclic) bond motifs is 1. The van der Waals surface area contributed by atoms with E-state index in [1.807, 2.05) is 20.8 Å². The van der Waals surface area contributed by atoms with Crippen molar-refractivity contribution in [1.82, 2.24) is 14.5 Å². The molecule has 0 saturated heterocycles. The SMILES string of the molecule is CCCCN(C(=O)c1cc2cc(Cl)ccc2nc1C)c1c(N)n(CC(C)C)c(=O)[nH]c1=O. The van der Waals surface area contributed by atoms with Gasteiger partial charge in [-0.3, -0.25) is 24.1 Å². The number of aromatic amines is 1. The molecule has 0 fully saturated rings. The van der Waals surface area contributed by atoms with Crippen LogP contribution in [-0.4, -0.2) is 27.0 Å². The molecule has 3 aromatic rings. The highest BCUT2D eigenvalue weighted by Crippen LogP contribution is 2.25. The van der Waals surface area contributed by atoms with Crippen molar-refractivity contribution in [3.05, 3.63) is 61.4 Å². The van der Waals surface area contributed by atoms with Gasteiger partial charge in [-0.05, 0) is 43.5 Å². The number of benzene rings is 1. The van der Waals surface area contributed by atoms with Gasteiger partial charge >= 0.3 is 5.69 Å². The lowest BCUT2D eigenvalue weighted by molar-refractivity contribution is 0.0985. The molecular weight excluding hydrogens is 430 g/mol. The Hall–Kier alpha value is -3.13. The third-order valence-electron chi connectivity index (χ3n) is 5.21. The number of rotatable bonds is 7. The number of halogens is 1. The van der Waals surface area contributed by atoms with Gasteiger partial charge in [0.2, 0.25) is 0 Å². The number of carbonyl (C=O) groups excluding carboxylic acids is 1. The monoisotopic (exact) mass is 457 g/mol. The van der Waals surface area contributed by atoms with Crippen LogP contribution in [-0.2, 0) is 6.54 Å². The van der Waals surface area contributed by atoms with Gasteiger partial charge in [0.25, 0.3) is 11.5 Å². The molecule has 0 radical (unpaired) electrons. The number of aromatic nitrogens is 3. The first kappa shape index (κ1) is 23.5. The molecule has 2 heterocycles. The zero-order valence-corrected chi connectivity index (χ0v) is 19.5. The van der Waals surface area contributed by atoms with E-state index in [9.17, 15) is 14.4 Å². The Kier molecular flexibility index (Phi) is 7.03. The number of nitrogens with two attached hydrogens (primary N) is 1. The smallest absolute Gasteiger partial charge is 0.330 e. The lowest BCUT2D eigenvalue weighted by Gasteiger charge is -2.25. The summed E-state index contributed by atoms with van der Waals surface area (Å²) in [5.74, 6) is -0.311. The van der Waals surface area contributed by atoms with Crippen LogP contribution in [0.15, 0.2) is 33.9 Å². The summed E-state index contributed by atoms with van der Waals surface area (Å²) in [5.41, 5.74) is 6.57. The number of hydrogen-bond acceptors (Lipinski definition) is 5. The summed E-state index contributed by atoms with van der Waals surface area (Å²) in [6, 6.07) is 6.99. The number of H-pyrrole nitrogens is 1. The first-order chi connectivity index (χ1) is 15.1. The molecule has 0 aliphatic carbocycles. The number of pyridine rings is 1. The maximum Gasteiger partial charge on any atom is 0.330 e. The Morgan fingerprint density at radius 3 is 2.66 bits per heavy atom. The lowest BCUT2D eigenvalue weighted by atomic mass is 10.1. The second kappa shape index (κ2) is 9.56. The van der Waals surface area contributed by atoms with Crippen molar-refractivity contribution in [2.24, 2.45) is 5.92 Å². The maximum absolute atomic E-state index is 13.7. The molecule has 1 aromatic carbocycles. The number of amides is 1. The van der Waals surface area contributed by atoms with Gasteiger partial charge in [-0.1, -0.05) is 38.8 Å². The second-order valence-corrected chi connectivity index (χ2v) is 8.70. The van der Waals surface area contributed by atoms with Crippen LogP contribution in [0.3, 0.4) is 0 Å². The number of nitrogen functional groups attached to an aromatic ring is 1. The van der Waals surface area contributed by atoms with Crippen LogP contribution in [0, 0.1) is 12.8 Å². The number of anilines is 2. The molecule has 9 heteroatoms. The predicted octanol–water partition coefficient (Wildman–Crippen LogP) is 3.73. The minimum absolute atomic E-state index is 0.0192. The molecule has 3 N–H and O–H groups in total. The number of hydrogen-bond donors (Lipinski definition) is 2. The van der Waals surface area contributed by atoms with E-state index >= 15 is 0 Å². The largest absolute Gasteiger partial charge is 0.383 e. The molecule has 0 aliphatic heterocycles. The molecule has 2 aromatic heterocycles. The van der Waals surface area contributed by atoms with Crippen molar-refractivity contribution in [3.8, 4) is 0 Å². The fraction of sp³-hybridized carbons (Fsp3) is 0.391. The van der Waals surface area contributed by atoms with Gasteiger partial charge in [0.05, 0.1) is 16.8 Å². The van der Waals surface area contributed by atoms with Crippen LogP contribution in [0.5, 0.6) is 0 Å². The minimum Gasteiger partial charge on any atom is -0.383 e. The standard InChI is InChI=1S/C23H28ClN5O3/c1-5-6-9-28(19-20(25)29(12-13(2)3)23(32)27-21(19)30)22(31)17-11-15-10-16(24)7-8-18(15)26-14(17)4/h7-8,10-11,13H,5-6,9,12,25H2,1-4H3,(H,27,30,32). The molecule has 8 nitrogen and oxygen atoms in total. The molecular formula is C23H28ClN5O3. The topological polar surface area (TPSA) is 114 Å². The molecule has 1 amide bonds. The van der Waals surface area contributed by atoms with Gasteiger partial charge in [0.15, 0.2) is 5.69 Å². The second-order valence-electron chi connectivity index (χ2n) is 8.27. The molecule has 3 rings (SSSR count). The minimum atomic E-state index is -0.689.